The summed E-state index contributed by atoms with van der Waals surface area (Å²) in [7, 11) is 0. The Hall–Kier alpha value is -1.09. The summed E-state index contributed by atoms with van der Waals surface area (Å²) < 4.78 is 5.22. The van der Waals surface area contributed by atoms with Gasteiger partial charge in [-0.15, -0.1) is 0 Å². The lowest BCUT2D eigenvalue weighted by Gasteiger charge is -2.61. The van der Waals surface area contributed by atoms with E-state index in [1.54, 1.807) is 12.3 Å². The molecule has 0 spiro atoms. The van der Waals surface area contributed by atoms with Gasteiger partial charge in [0.1, 0.15) is 0 Å². The average Bonchev–Trinajstić information content (AvgIpc) is 3.00. The van der Waals surface area contributed by atoms with E-state index in [0.29, 0.717) is 16.7 Å². The van der Waals surface area contributed by atoms with E-state index in [1.165, 1.54) is 50.5 Å². The summed E-state index contributed by atoms with van der Waals surface area (Å²) in [6, 6.07) is 3.61. The Kier molecular flexibility index (Phi) is 4.13. The first-order valence-electron chi connectivity index (χ1n) is 11.2. The third-order valence-electron chi connectivity index (χ3n) is 9.76. The van der Waals surface area contributed by atoms with Crippen LogP contribution in [0.2, 0.25) is 0 Å². The SMILES string of the molecule is C[C@]12CC[C@H](O)C[C@H]1CC[C@H]1[C@H]3CC[C@H](c4ccc(=O)oc4)[C@@]3(C)CC[C@@H]12. The molecule has 1 aromatic rings. The first-order chi connectivity index (χ1) is 12.9. The van der Waals surface area contributed by atoms with Crippen LogP contribution in [0.1, 0.15) is 83.1 Å². The Bertz CT molecular complexity index is 749. The largest absolute Gasteiger partial charge is 0.431 e. The third-order valence-corrected chi connectivity index (χ3v) is 9.76. The molecule has 1 aromatic heterocycles. The van der Waals surface area contributed by atoms with Crippen LogP contribution in [0, 0.1) is 34.5 Å². The van der Waals surface area contributed by atoms with Gasteiger partial charge in [0.05, 0.1) is 12.4 Å². The van der Waals surface area contributed by atoms with E-state index in [4.69, 9.17) is 4.42 Å². The summed E-state index contributed by atoms with van der Waals surface area (Å²) in [4.78, 5) is 11.4. The lowest BCUT2D eigenvalue weighted by atomic mass is 9.44. The van der Waals surface area contributed by atoms with Gasteiger partial charge in [0.25, 0.3) is 0 Å². The highest BCUT2D eigenvalue weighted by Gasteiger charge is 2.60. The van der Waals surface area contributed by atoms with Crippen LogP contribution < -0.4 is 5.63 Å². The fourth-order valence-electron chi connectivity index (χ4n) is 8.35. The molecule has 27 heavy (non-hydrogen) atoms. The molecule has 4 aliphatic carbocycles. The van der Waals surface area contributed by atoms with Crippen molar-refractivity contribution in [1.29, 1.82) is 0 Å². The first kappa shape index (κ1) is 18.0. The molecule has 0 aliphatic heterocycles. The summed E-state index contributed by atoms with van der Waals surface area (Å²) in [5, 5.41) is 10.2. The van der Waals surface area contributed by atoms with E-state index < -0.39 is 0 Å². The molecule has 0 unspecified atom stereocenters. The van der Waals surface area contributed by atoms with Crippen molar-refractivity contribution >= 4 is 0 Å². The second kappa shape index (κ2) is 6.20. The number of rotatable bonds is 1. The van der Waals surface area contributed by atoms with Crippen LogP contribution in [-0.4, -0.2) is 11.2 Å². The summed E-state index contributed by atoms with van der Waals surface area (Å²) in [5.74, 6) is 3.76. The van der Waals surface area contributed by atoms with E-state index in [9.17, 15) is 9.90 Å². The molecule has 0 aromatic carbocycles. The standard InChI is InChI=1S/C24H34O3/c1-23-11-9-17(25)13-16(23)4-5-18-20-7-6-19(15-3-8-22(26)27-14-15)24(20,2)12-10-21(18)23/h3,8,14,16-21,25H,4-7,9-13H2,1-2H3/t16-,17+,18+,19-,20-,21+,23+,24-/m1/s1. The third kappa shape index (κ3) is 2.60. The molecule has 4 saturated carbocycles. The molecule has 5 rings (SSSR count). The maximum Gasteiger partial charge on any atom is 0.335 e. The lowest BCUT2D eigenvalue weighted by molar-refractivity contribution is -0.122. The van der Waals surface area contributed by atoms with Gasteiger partial charge in [-0.1, -0.05) is 13.8 Å². The molecule has 0 radical (unpaired) electrons. The molecule has 8 atom stereocenters. The van der Waals surface area contributed by atoms with Crippen molar-refractivity contribution in [2.75, 3.05) is 0 Å². The number of aliphatic hydroxyl groups excluding tert-OH is 1. The average molecular weight is 371 g/mol. The van der Waals surface area contributed by atoms with Crippen molar-refractivity contribution in [3.8, 4) is 0 Å². The van der Waals surface area contributed by atoms with Gasteiger partial charge >= 0.3 is 5.63 Å². The van der Waals surface area contributed by atoms with Crippen molar-refractivity contribution in [1.82, 2.24) is 0 Å². The van der Waals surface area contributed by atoms with Crippen molar-refractivity contribution in [3.05, 3.63) is 34.4 Å². The van der Waals surface area contributed by atoms with Crippen LogP contribution in [0.5, 0.6) is 0 Å². The van der Waals surface area contributed by atoms with Gasteiger partial charge in [-0.05, 0) is 110 Å². The number of hydrogen-bond acceptors (Lipinski definition) is 3. The summed E-state index contributed by atoms with van der Waals surface area (Å²) in [6.07, 6.45) is 12.8. The number of fused-ring (bicyclic) bond motifs is 5. The van der Waals surface area contributed by atoms with E-state index in [2.05, 4.69) is 13.8 Å². The molecule has 0 saturated heterocycles. The van der Waals surface area contributed by atoms with Crippen molar-refractivity contribution < 1.29 is 9.52 Å². The fourth-order valence-corrected chi connectivity index (χ4v) is 8.35. The van der Waals surface area contributed by atoms with Crippen LogP contribution in [0.4, 0.5) is 0 Å². The van der Waals surface area contributed by atoms with Gasteiger partial charge in [-0.2, -0.15) is 0 Å². The highest BCUT2D eigenvalue weighted by Crippen LogP contribution is 2.68. The minimum Gasteiger partial charge on any atom is -0.431 e. The van der Waals surface area contributed by atoms with E-state index >= 15 is 0 Å². The van der Waals surface area contributed by atoms with Crippen LogP contribution in [0.3, 0.4) is 0 Å². The molecule has 4 aliphatic rings. The molecule has 3 nitrogen and oxygen atoms in total. The molecule has 0 amide bonds. The van der Waals surface area contributed by atoms with E-state index in [1.807, 2.05) is 6.07 Å². The molecule has 0 bridgehead atoms. The van der Waals surface area contributed by atoms with Gasteiger partial charge in [-0.25, -0.2) is 4.79 Å². The molecule has 4 fully saturated rings. The molecular weight excluding hydrogens is 336 g/mol. The Morgan fingerprint density at radius 3 is 2.52 bits per heavy atom. The second-order valence-electron chi connectivity index (χ2n) is 10.6. The Morgan fingerprint density at radius 1 is 0.963 bits per heavy atom. The molecule has 1 heterocycles. The van der Waals surface area contributed by atoms with Gasteiger partial charge in [-0.3, -0.25) is 0 Å². The zero-order chi connectivity index (χ0) is 18.8. The predicted octanol–water partition coefficient (Wildman–Crippen LogP) is 5.13. The zero-order valence-electron chi connectivity index (χ0n) is 16.8. The van der Waals surface area contributed by atoms with Gasteiger partial charge < -0.3 is 9.52 Å². The maximum absolute atomic E-state index is 11.4. The van der Waals surface area contributed by atoms with Crippen molar-refractivity contribution in [2.24, 2.45) is 34.5 Å². The number of hydrogen-bond donors (Lipinski definition) is 1. The predicted molar refractivity (Wildman–Crippen MR) is 105 cm³/mol. The van der Waals surface area contributed by atoms with Crippen LogP contribution in [-0.2, 0) is 0 Å². The Morgan fingerprint density at radius 2 is 1.74 bits per heavy atom. The number of aliphatic hydroxyl groups is 1. The highest BCUT2D eigenvalue weighted by molar-refractivity contribution is 5.22. The van der Waals surface area contributed by atoms with Crippen molar-refractivity contribution in [2.45, 2.75) is 83.7 Å². The molecule has 1 N–H and O–H groups in total. The summed E-state index contributed by atoms with van der Waals surface area (Å²) in [5.41, 5.74) is 1.78. The summed E-state index contributed by atoms with van der Waals surface area (Å²) in [6.45, 7) is 5.08. The normalized spacial score (nSPS) is 49.1. The fraction of sp³-hybridized carbons (Fsp3) is 0.792. The lowest BCUT2D eigenvalue weighted by Crippen LogP contribution is -2.53. The molecule has 3 heteroatoms. The second-order valence-corrected chi connectivity index (χ2v) is 10.6. The van der Waals surface area contributed by atoms with Crippen molar-refractivity contribution in [3.63, 3.8) is 0 Å². The minimum absolute atomic E-state index is 0.0583. The van der Waals surface area contributed by atoms with E-state index in [-0.39, 0.29) is 11.7 Å². The smallest absolute Gasteiger partial charge is 0.335 e. The first-order valence-corrected chi connectivity index (χ1v) is 11.2. The minimum atomic E-state index is -0.243. The molecule has 148 valence electrons. The Labute approximate surface area is 162 Å². The monoisotopic (exact) mass is 370 g/mol. The van der Waals surface area contributed by atoms with Gasteiger partial charge in [0.2, 0.25) is 0 Å². The van der Waals surface area contributed by atoms with Crippen LogP contribution >= 0.6 is 0 Å². The zero-order valence-corrected chi connectivity index (χ0v) is 16.8. The van der Waals surface area contributed by atoms with E-state index in [0.717, 1.165) is 36.5 Å². The quantitative estimate of drug-likeness (QED) is 0.746. The Balaban J connectivity index is 1.43. The maximum atomic E-state index is 11.4. The van der Waals surface area contributed by atoms with Crippen LogP contribution in [0.25, 0.3) is 0 Å². The topological polar surface area (TPSA) is 50.4 Å². The highest BCUT2D eigenvalue weighted by atomic mass is 16.4. The van der Waals surface area contributed by atoms with Gasteiger partial charge in [0.15, 0.2) is 0 Å². The molecular formula is C24H34O3. The van der Waals surface area contributed by atoms with Gasteiger partial charge in [0, 0.05) is 6.07 Å². The summed E-state index contributed by atoms with van der Waals surface area (Å²) >= 11 is 0. The van der Waals surface area contributed by atoms with Crippen LogP contribution in [0.15, 0.2) is 27.6 Å².